The van der Waals surface area contributed by atoms with Crippen LogP contribution in [0.5, 0.6) is 11.5 Å². The SMILES string of the molecule is COc1ccc(C2CN(Cc3ccccc3)CC2C(=O)O)c(OC)c1. The Labute approximate surface area is 147 Å². The molecule has 0 spiro atoms. The molecule has 0 aliphatic carbocycles. The topological polar surface area (TPSA) is 59.0 Å². The fraction of sp³-hybridized carbons (Fsp3) is 0.350. The van der Waals surface area contributed by atoms with Gasteiger partial charge in [-0.3, -0.25) is 9.69 Å². The van der Waals surface area contributed by atoms with E-state index in [1.54, 1.807) is 14.2 Å². The van der Waals surface area contributed by atoms with Crippen LogP contribution in [0.25, 0.3) is 0 Å². The fourth-order valence-corrected chi connectivity index (χ4v) is 3.55. The zero-order chi connectivity index (χ0) is 17.8. The molecule has 3 rings (SSSR count). The monoisotopic (exact) mass is 341 g/mol. The third kappa shape index (κ3) is 3.77. The summed E-state index contributed by atoms with van der Waals surface area (Å²) < 4.78 is 10.7. The van der Waals surface area contributed by atoms with Gasteiger partial charge in [0, 0.05) is 31.6 Å². The molecule has 0 amide bonds. The lowest BCUT2D eigenvalue weighted by Crippen LogP contribution is -2.23. The van der Waals surface area contributed by atoms with Crippen LogP contribution in [0.15, 0.2) is 48.5 Å². The van der Waals surface area contributed by atoms with E-state index in [0.29, 0.717) is 24.6 Å². The van der Waals surface area contributed by atoms with Gasteiger partial charge in [0.2, 0.25) is 0 Å². The minimum atomic E-state index is -0.765. The molecule has 25 heavy (non-hydrogen) atoms. The summed E-state index contributed by atoms with van der Waals surface area (Å²) in [6.45, 7) is 1.97. The van der Waals surface area contributed by atoms with Gasteiger partial charge in [0.05, 0.1) is 20.1 Å². The van der Waals surface area contributed by atoms with Crippen LogP contribution in [-0.2, 0) is 11.3 Å². The normalized spacial score (nSPS) is 20.4. The maximum Gasteiger partial charge on any atom is 0.308 e. The Balaban J connectivity index is 1.85. The van der Waals surface area contributed by atoms with Crippen molar-refractivity contribution < 1.29 is 19.4 Å². The number of benzene rings is 2. The lowest BCUT2D eigenvalue weighted by atomic mass is 9.88. The zero-order valence-electron chi connectivity index (χ0n) is 14.5. The molecular weight excluding hydrogens is 318 g/mol. The van der Waals surface area contributed by atoms with Crippen LogP contribution in [0.1, 0.15) is 17.0 Å². The van der Waals surface area contributed by atoms with Crippen molar-refractivity contribution in [1.82, 2.24) is 4.90 Å². The van der Waals surface area contributed by atoms with Crippen LogP contribution in [-0.4, -0.2) is 43.3 Å². The molecule has 132 valence electrons. The molecule has 1 aliphatic heterocycles. The van der Waals surface area contributed by atoms with Gasteiger partial charge < -0.3 is 14.6 Å². The van der Waals surface area contributed by atoms with E-state index in [1.165, 1.54) is 5.56 Å². The highest BCUT2D eigenvalue weighted by Crippen LogP contribution is 2.39. The standard InChI is InChI=1S/C20H23NO4/c1-24-15-8-9-16(19(10-15)25-2)17-12-21(13-18(17)20(22)23)11-14-6-4-3-5-7-14/h3-10,17-18H,11-13H2,1-2H3,(H,22,23). The van der Waals surface area contributed by atoms with Crippen molar-refractivity contribution in [2.24, 2.45) is 5.92 Å². The number of carbonyl (C=O) groups is 1. The molecule has 0 saturated carbocycles. The maximum atomic E-state index is 11.8. The Bertz CT molecular complexity index is 732. The van der Waals surface area contributed by atoms with E-state index in [4.69, 9.17) is 9.47 Å². The van der Waals surface area contributed by atoms with E-state index in [-0.39, 0.29) is 5.92 Å². The third-order valence-electron chi connectivity index (χ3n) is 4.80. The quantitative estimate of drug-likeness (QED) is 0.875. The molecule has 1 heterocycles. The number of hydrogen-bond donors (Lipinski definition) is 1. The van der Waals surface area contributed by atoms with Gasteiger partial charge in [-0.1, -0.05) is 36.4 Å². The highest BCUT2D eigenvalue weighted by atomic mass is 16.5. The van der Waals surface area contributed by atoms with Crippen molar-refractivity contribution in [1.29, 1.82) is 0 Å². The number of hydrogen-bond acceptors (Lipinski definition) is 4. The Kier molecular flexibility index (Phi) is 5.24. The molecule has 1 saturated heterocycles. The first-order valence-corrected chi connectivity index (χ1v) is 8.33. The van der Waals surface area contributed by atoms with E-state index >= 15 is 0 Å². The lowest BCUT2D eigenvalue weighted by Gasteiger charge is -2.19. The summed E-state index contributed by atoms with van der Waals surface area (Å²) in [7, 11) is 3.20. The molecule has 5 nitrogen and oxygen atoms in total. The molecule has 2 aromatic carbocycles. The van der Waals surface area contributed by atoms with Gasteiger partial charge in [-0.15, -0.1) is 0 Å². The van der Waals surface area contributed by atoms with Crippen LogP contribution < -0.4 is 9.47 Å². The van der Waals surface area contributed by atoms with Crippen molar-refractivity contribution in [2.45, 2.75) is 12.5 Å². The Morgan fingerprint density at radius 3 is 2.52 bits per heavy atom. The Hall–Kier alpha value is -2.53. The first-order valence-electron chi connectivity index (χ1n) is 8.33. The number of nitrogens with zero attached hydrogens (tertiary/aromatic N) is 1. The second kappa shape index (κ2) is 7.57. The summed E-state index contributed by atoms with van der Waals surface area (Å²) in [6, 6.07) is 15.7. The lowest BCUT2D eigenvalue weighted by molar-refractivity contribution is -0.141. The molecule has 2 aromatic rings. The van der Waals surface area contributed by atoms with Crippen molar-refractivity contribution in [3.8, 4) is 11.5 Å². The number of carboxylic acids is 1. The molecule has 1 N–H and O–H groups in total. The number of methoxy groups -OCH3 is 2. The largest absolute Gasteiger partial charge is 0.497 e. The van der Waals surface area contributed by atoms with Gasteiger partial charge in [0.1, 0.15) is 11.5 Å². The minimum Gasteiger partial charge on any atom is -0.497 e. The van der Waals surface area contributed by atoms with Crippen LogP contribution in [0.2, 0.25) is 0 Å². The number of carboxylic acid groups (broad SMARTS) is 1. The van der Waals surface area contributed by atoms with Gasteiger partial charge in [-0.05, 0) is 17.2 Å². The molecule has 1 aliphatic rings. The summed E-state index contributed by atoms with van der Waals surface area (Å²) in [5, 5.41) is 9.70. The van der Waals surface area contributed by atoms with Gasteiger partial charge in [0.25, 0.3) is 0 Å². The summed E-state index contributed by atoms with van der Waals surface area (Å²) in [5.74, 6) is 0.0512. The molecule has 0 aromatic heterocycles. The highest BCUT2D eigenvalue weighted by molar-refractivity contribution is 5.72. The molecule has 0 bridgehead atoms. The van der Waals surface area contributed by atoms with E-state index in [0.717, 1.165) is 12.1 Å². The van der Waals surface area contributed by atoms with E-state index in [9.17, 15) is 9.90 Å². The third-order valence-corrected chi connectivity index (χ3v) is 4.80. The second-order valence-electron chi connectivity index (χ2n) is 6.34. The molecule has 1 fully saturated rings. The van der Waals surface area contributed by atoms with Crippen LogP contribution in [0.3, 0.4) is 0 Å². The predicted octanol–water partition coefficient (Wildman–Crippen LogP) is 3.00. The van der Waals surface area contributed by atoms with Crippen molar-refractivity contribution in [3.63, 3.8) is 0 Å². The average Bonchev–Trinajstić information content (AvgIpc) is 3.05. The minimum absolute atomic E-state index is 0.109. The smallest absolute Gasteiger partial charge is 0.308 e. The van der Waals surface area contributed by atoms with Crippen molar-refractivity contribution >= 4 is 5.97 Å². The van der Waals surface area contributed by atoms with Gasteiger partial charge in [-0.2, -0.15) is 0 Å². The fourth-order valence-electron chi connectivity index (χ4n) is 3.55. The Morgan fingerprint density at radius 2 is 1.88 bits per heavy atom. The van der Waals surface area contributed by atoms with E-state index in [2.05, 4.69) is 17.0 Å². The molecule has 0 radical (unpaired) electrons. The first-order chi connectivity index (χ1) is 12.1. The molecule has 2 atom stereocenters. The van der Waals surface area contributed by atoms with Crippen LogP contribution in [0.4, 0.5) is 0 Å². The number of likely N-dealkylation sites (tertiary alicyclic amines) is 1. The second-order valence-corrected chi connectivity index (χ2v) is 6.34. The van der Waals surface area contributed by atoms with E-state index in [1.807, 2.05) is 36.4 Å². The number of rotatable bonds is 6. The van der Waals surface area contributed by atoms with Crippen molar-refractivity contribution in [3.05, 3.63) is 59.7 Å². The van der Waals surface area contributed by atoms with Crippen molar-refractivity contribution in [2.75, 3.05) is 27.3 Å². The van der Waals surface area contributed by atoms with Gasteiger partial charge >= 0.3 is 5.97 Å². The van der Waals surface area contributed by atoms with Gasteiger partial charge in [0.15, 0.2) is 0 Å². The van der Waals surface area contributed by atoms with E-state index < -0.39 is 11.9 Å². The highest BCUT2D eigenvalue weighted by Gasteiger charge is 2.39. The summed E-state index contributed by atoms with van der Waals surface area (Å²) >= 11 is 0. The molecule has 2 unspecified atom stereocenters. The summed E-state index contributed by atoms with van der Waals surface area (Å²) in [6.07, 6.45) is 0. The maximum absolute atomic E-state index is 11.8. The number of aliphatic carboxylic acids is 1. The average molecular weight is 341 g/mol. The first kappa shape index (κ1) is 17.3. The zero-order valence-corrected chi connectivity index (χ0v) is 14.5. The predicted molar refractivity (Wildman–Crippen MR) is 95.1 cm³/mol. The number of ether oxygens (including phenoxy) is 2. The van der Waals surface area contributed by atoms with Gasteiger partial charge in [-0.25, -0.2) is 0 Å². The molecule has 5 heteroatoms. The summed E-state index contributed by atoms with van der Waals surface area (Å²) in [5.41, 5.74) is 2.11. The molecular formula is C20H23NO4. The Morgan fingerprint density at radius 1 is 1.12 bits per heavy atom. The van der Waals surface area contributed by atoms with Crippen LogP contribution >= 0.6 is 0 Å². The van der Waals surface area contributed by atoms with Crippen LogP contribution in [0, 0.1) is 5.92 Å². The summed E-state index contributed by atoms with van der Waals surface area (Å²) in [4.78, 5) is 14.0.